The Labute approximate surface area is 116 Å². The third kappa shape index (κ3) is 3.31. The lowest BCUT2D eigenvalue weighted by atomic mass is 10.1. The Morgan fingerprint density at radius 3 is 2.29 bits per heavy atom. The Kier molecular flexibility index (Phi) is 4.11. The number of halogens is 4. The van der Waals surface area contributed by atoms with Gasteiger partial charge in [0.25, 0.3) is 0 Å². The second kappa shape index (κ2) is 5.82. The van der Waals surface area contributed by atoms with Crippen molar-refractivity contribution in [3.8, 4) is 0 Å². The van der Waals surface area contributed by atoms with Gasteiger partial charge >= 0.3 is 5.97 Å². The molecule has 2 rings (SSSR count). The number of aromatic carboxylic acids is 1. The van der Waals surface area contributed by atoms with Crippen LogP contribution in [0, 0.1) is 23.3 Å². The van der Waals surface area contributed by atoms with Gasteiger partial charge in [-0.05, 0) is 24.3 Å². The van der Waals surface area contributed by atoms with Crippen LogP contribution in [-0.4, -0.2) is 11.1 Å². The molecule has 0 atom stereocenters. The summed E-state index contributed by atoms with van der Waals surface area (Å²) in [5, 5.41) is 11.4. The van der Waals surface area contributed by atoms with Crippen LogP contribution in [0.1, 0.15) is 15.9 Å². The Hall–Kier alpha value is -2.57. The van der Waals surface area contributed by atoms with Crippen molar-refractivity contribution in [1.29, 1.82) is 0 Å². The minimum absolute atomic E-state index is 0.143. The molecule has 0 amide bonds. The maximum absolute atomic E-state index is 13.4. The van der Waals surface area contributed by atoms with Crippen molar-refractivity contribution in [3.05, 3.63) is 64.7 Å². The molecule has 0 spiro atoms. The summed E-state index contributed by atoms with van der Waals surface area (Å²) in [4.78, 5) is 10.8. The van der Waals surface area contributed by atoms with Crippen molar-refractivity contribution in [3.63, 3.8) is 0 Å². The number of nitrogens with one attached hydrogen (secondary N) is 1. The number of hydrogen-bond acceptors (Lipinski definition) is 2. The van der Waals surface area contributed by atoms with Crippen LogP contribution in [0.4, 0.5) is 23.2 Å². The largest absolute Gasteiger partial charge is 0.478 e. The molecule has 0 bridgehead atoms. The molecule has 2 N–H and O–H groups in total. The van der Waals surface area contributed by atoms with Crippen molar-refractivity contribution in [2.75, 3.05) is 5.32 Å². The number of rotatable bonds is 4. The maximum Gasteiger partial charge on any atom is 0.338 e. The van der Waals surface area contributed by atoms with E-state index < -0.39 is 34.8 Å². The summed E-state index contributed by atoms with van der Waals surface area (Å²) >= 11 is 0. The highest BCUT2D eigenvalue weighted by Crippen LogP contribution is 2.18. The molecule has 0 unspecified atom stereocenters. The molecule has 0 fully saturated rings. The van der Waals surface area contributed by atoms with Gasteiger partial charge in [-0.15, -0.1) is 0 Å². The number of benzene rings is 2. The zero-order valence-corrected chi connectivity index (χ0v) is 10.5. The molecule has 2 aromatic rings. The molecular weight excluding hydrogens is 290 g/mol. The molecule has 7 heteroatoms. The zero-order valence-electron chi connectivity index (χ0n) is 10.5. The summed E-state index contributed by atoms with van der Waals surface area (Å²) in [5.74, 6) is -5.80. The van der Waals surface area contributed by atoms with Gasteiger partial charge in [0.15, 0.2) is 11.6 Å². The number of carboxylic acid groups (broad SMARTS) is 1. The lowest BCUT2D eigenvalue weighted by Gasteiger charge is -2.09. The summed E-state index contributed by atoms with van der Waals surface area (Å²) in [6.07, 6.45) is 0. The number of anilines is 1. The van der Waals surface area contributed by atoms with Crippen LogP contribution in [0.15, 0.2) is 30.3 Å². The lowest BCUT2D eigenvalue weighted by Crippen LogP contribution is -2.06. The second-order valence-corrected chi connectivity index (χ2v) is 4.21. The summed E-state index contributed by atoms with van der Waals surface area (Å²) < 4.78 is 52.4. The van der Waals surface area contributed by atoms with Crippen molar-refractivity contribution in [2.45, 2.75) is 6.54 Å². The predicted octanol–water partition coefficient (Wildman–Crippen LogP) is 3.55. The van der Waals surface area contributed by atoms with Crippen LogP contribution in [-0.2, 0) is 6.54 Å². The predicted molar refractivity (Wildman–Crippen MR) is 67.0 cm³/mol. The summed E-state index contributed by atoms with van der Waals surface area (Å²) in [6, 6.07) is 4.32. The molecule has 0 saturated heterocycles. The van der Waals surface area contributed by atoms with E-state index >= 15 is 0 Å². The normalized spacial score (nSPS) is 10.5. The van der Waals surface area contributed by atoms with E-state index in [9.17, 15) is 22.4 Å². The Morgan fingerprint density at radius 2 is 1.62 bits per heavy atom. The first-order valence-corrected chi connectivity index (χ1v) is 5.78. The highest BCUT2D eigenvalue weighted by atomic mass is 19.2. The van der Waals surface area contributed by atoms with Gasteiger partial charge in [-0.3, -0.25) is 0 Å². The van der Waals surface area contributed by atoms with Gasteiger partial charge in [0.1, 0.15) is 11.6 Å². The molecule has 110 valence electrons. The fourth-order valence-electron chi connectivity index (χ4n) is 1.70. The third-order valence-corrected chi connectivity index (χ3v) is 2.77. The average Bonchev–Trinajstić information content (AvgIpc) is 2.42. The van der Waals surface area contributed by atoms with Crippen LogP contribution < -0.4 is 5.32 Å². The molecule has 0 radical (unpaired) electrons. The highest BCUT2D eigenvalue weighted by molar-refractivity contribution is 5.89. The Balaban J connectivity index is 2.19. The van der Waals surface area contributed by atoms with E-state index in [0.717, 1.165) is 12.1 Å². The fraction of sp³-hybridized carbons (Fsp3) is 0.0714. The van der Waals surface area contributed by atoms with Gasteiger partial charge in [0.2, 0.25) is 0 Å². The first kappa shape index (κ1) is 14.8. The van der Waals surface area contributed by atoms with E-state index in [1.54, 1.807) is 0 Å². The van der Waals surface area contributed by atoms with Gasteiger partial charge in [-0.1, -0.05) is 0 Å². The molecule has 0 heterocycles. The quantitative estimate of drug-likeness (QED) is 0.670. The molecule has 0 aliphatic heterocycles. The van der Waals surface area contributed by atoms with E-state index in [4.69, 9.17) is 5.11 Å². The summed E-state index contributed by atoms with van der Waals surface area (Å²) in [5.41, 5.74) is -0.487. The molecule has 2 aromatic carbocycles. The van der Waals surface area contributed by atoms with Crippen LogP contribution in [0.25, 0.3) is 0 Å². The number of hydrogen-bond donors (Lipinski definition) is 2. The van der Waals surface area contributed by atoms with Gasteiger partial charge < -0.3 is 10.4 Å². The first-order valence-electron chi connectivity index (χ1n) is 5.78. The van der Waals surface area contributed by atoms with E-state index in [2.05, 4.69) is 5.32 Å². The van der Waals surface area contributed by atoms with Crippen molar-refractivity contribution in [2.24, 2.45) is 0 Å². The van der Waals surface area contributed by atoms with Crippen LogP contribution in [0.2, 0.25) is 0 Å². The third-order valence-electron chi connectivity index (χ3n) is 2.77. The van der Waals surface area contributed by atoms with Crippen LogP contribution >= 0.6 is 0 Å². The maximum atomic E-state index is 13.4. The Bertz CT molecular complexity index is 704. The number of carboxylic acids is 1. The molecule has 21 heavy (non-hydrogen) atoms. The monoisotopic (exact) mass is 299 g/mol. The van der Waals surface area contributed by atoms with Crippen LogP contribution in [0.5, 0.6) is 0 Å². The number of carbonyl (C=O) groups is 1. The summed E-state index contributed by atoms with van der Waals surface area (Å²) in [7, 11) is 0. The molecule has 3 nitrogen and oxygen atoms in total. The van der Waals surface area contributed by atoms with E-state index in [0.29, 0.717) is 12.1 Å². The molecule has 0 saturated carbocycles. The standard InChI is InChI=1S/C14H9F4NO2/c15-10-2-1-8(4-9(10)14(20)21)19-6-7-3-12(17)13(18)5-11(7)16/h1-5,19H,6H2,(H,20,21). The minimum Gasteiger partial charge on any atom is -0.478 e. The van der Waals surface area contributed by atoms with Crippen molar-refractivity contribution in [1.82, 2.24) is 0 Å². The fourth-order valence-corrected chi connectivity index (χ4v) is 1.70. The Morgan fingerprint density at radius 1 is 0.952 bits per heavy atom. The first-order chi connectivity index (χ1) is 9.88. The van der Waals surface area contributed by atoms with E-state index in [1.165, 1.54) is 6.07 Å². The van der Waals surface area contributed by atoms with E-state index in [-0.39, 0.29) is 17.8 Å². The zero-order chi connectivity index (χ0) is 15.6. The smallest absolute Gasteiger partial charge is 0.338 e. The van der Waals surface area contributed by atoms with Crippen LogP contribution in [0.3, 0.4) is 0 Å². The minimum atomic E-state index is -1.45. The summed E-state index contributed by atoms with van der Waals surface area (Å²) in [6.45, 7) is -0.215. The average molecular weight is 299 g/mol. The molecule has 0 aliphatic carbocycles. The van der Waals surface area contributed by atoms with Crippen molar-refractivity contribution < 1.29 is 27.5 Å². The molecule has 0 aromatic heterocycles. The van der Waals surface area contributed by atoms with Crippen molar-refractivity contribution >= 4 is 11.7 Å². The molecule has 0 aliphatic rings. The van der Waals surface area contributed by atoms with Gasteiger partial charge in [0.05, 0.1) is 5.56 Å². The topological polar surface area (TPSA) is 49.3 Å². The van der Waals surface area contributed by atoms with E-state index in [1.807, 2.05) is 0 Å². The van der Waals surface area contributed by atoms with Gasteiger partial charge in [0, 0.05) is 23.9 Å². The van der Waals surface area contributed by atoms with Gasteiger partial charge in [-0.25, -0.2) is 22.4 Å². The van der Waals surface area contributed by atoms with Gasteiger partial charge in [-0.2, -0.15) is 0 Å². The lowest BCUT2D eigenvalue weighted by molar-refractivity contribution is 0.0692. The SMILES string of the molecule is O=C(O)c1cc(NCc2cc(F)c(F)cc2F)ccc1F. The second-order valence-electron chi connectivity index (χ2n) is 4.21. The molecular formula is C14H9F4NO2. The highest BCUT2D eigenvalue weighted by Gasteiger charge is 2.12.